The Morgan fingerprint density at radius 2 is 1.58 bits per heavy atom. The van der Waals surface area contributed by atoms with Crippen molar-refractivity contribution < 1.29 is 50.4 Å². The smallest absolute Gasteiger partial charge is 0.341 e. The molecule has 0 aromatic heterocycles. The molecule has 0 radical (unpaired) electrons. The summed E-state index contributed by atoms with van der Waals surface area (Å²) in [4.78, 5) is 0. The molecule has 13 nitrogen and oxygen atoms in total. The number of aliphatic hydroxyl groups excluding tert-OH is 4. The van der Waals surface area contributed by atoms with Gasteiger partial charge in [-0.3, -0.25) is 4.18 Å². The lowest BCUT2D eigenvalue weighted by Gasteiger charge is -2.40. The van der Waals surface area contributed by atoms with Crippen LogP contribution in [0.1, 0.15) is 12.8 Å². The Bertz CT molecular complexity index is 674. The molecule has 2 heterocycles. The Hall–Kier alpha value is -0.460. The van der Waals surface area contributed by atoms with Gasteiger partial charge in [-0.15, -0.1) is 0 Å². The lowest BCUT2D eigenvalue weighted by molar-refractivity contribution is -0.277. The number of nitrogens with zero attached hydrogens (tertiary/aromatic N) is 1. The molecule has 154 valence electrons. The van der Waals surface area contributed by atoms with Gasteiger partial charge in [0, 0.05) is 13.1 Å². The zero-order valence-electron chi connectivity index (χ0n) is 13.5. The molecule has 15 heteroatoms. The van der Waals surface area contributed by atoms with Crippen LogP contribution in [0.5, 0.6) is 0 Å². The predicted molar refractivity (Wildman–Crippen MR) is 82.6 cm³/mol. The maximum atomic E-state index is 12.3. The molecule has 0 bridgehead atoms. The number of ether oxygens (including phenoxy) is 1. The highest BCUT2D eigenvalue weighted by atomic mass is 32.2. The molecule has 2 fully saturated rings. The molecule has 5 atom stereocenters. The molecule has 6 N–H and O–H groups in total. The average Bonchev–Trinajstić information content (AvgIpc) is 2.54. The molecule has 2 saturated heterocycles. The van der Waals surface area contributed by atoms with Crippen molar-refractivity contribution in [1.29, 1.82) is 0 Å². The molecule has 0 amide bonds. The van der Waals surface area contributed by atoms with Crippen LogP contribution in [-0.2, 0) is 33.7 Å². The normalized spacial score (nSPS) is 35.5. The Morgan fingerprint density at radius 3 is 2.08 bits per heavy atom. The first-order chi connectivity index (χ1) is 11.9. The average molecular weight is 422 g/mol. The van der Waals surface area contributed by atoms with Crippen LogP contribution in [-0.4, -0.2) is 98.1 Å². The monoisotopic (exact) mass is 422 g/mol. The summed E-state index contributed by atoms with van der Waals surface area (Å²) in [6.07, 6.45) is -9.16. The molecule has 26 heavy (non-hydrogen) atoms. The van der Waals surface area contributed by atoms with E-state index >= 15 is 0 Å². The second-order valence-electron chi connectivity index (χ2n) is 5.94. The summed E-state index contributed by atoms with van der Waals surface area (Å²) in [5.41, 5.74) is 0. The van der Waals surface area contributed by atoms with Gasteiger partial charge in [-0.25, -0.2) is 9.32 Å². The van der Waals surface area contributed by atoms with Gasteiger partial charge < -0.3 is 25.2 Å². The van der Waals surface area contributed by atoms with Crippen LogP contribution in [0.4, 0.5) is 0 Å². The second kappa shape index (κ2) is 8.27. The van der Waals surface area contributed by atoms with Gasteiger partial charge in [0.1, 0.15) is 24.4 Å². The first-order valence-electron chi connectivity index (χ1n) is 7.64. The molecule has 0 aromatic carbocycles. The van der Waals surface area contributed by atoms with Gasteiger partial charge in [-0.1, -0.05) is 0 Å². The van der Waals surface area contributed by atoms with Gasteiger partial charge >= 0.3 is 20.6 Å². The molecular weight excluding hydrogens is 400 g/mol. The zero-order valence-corrected chi connectivity index (χ0v) is 15.1. The molecule has 0 aromatic rings. The molecule has 0 aliphatic carbocycles. The van der Waals surface area contributed by atoms with Crippen molar-refractivity contribution in [3.63, 3.8) is 0 Å². The van der Waals surface area contributed by atoms with Crippen molar-refractivity contribution in [3.05, 3.63) is 0 Å². The minimum atomic E-state index is -4.42. The van der Waals surface area contributed by atoms with Gasteiger partial charge in [0.15, 0.2) is 0 Å². The maximum absolute atomic E-state index is 12.3. The van der Waals surface area contributed by atoms with Crippen molar-refractivity contribution in [3.8, 4) is 0 Å². The standard InChI is InChI=1S/C11H22N2O11S2/c12-25(18,19)23-6-1-3-13(4-2-6)26(20,21)24-11-10(17)9(16)8(15)7(5-14)22-11/h6-11,14-17H,1-5H2,(H2,12,18,19)/t7-,8-,9+,10-,11+/m1/s1. The fraction of sp³-hybridized carbons (Fsp3) is 1.00. The SMILES string of the molecule is NS(=O)(=O)OC1CCN(S(=O)(=O)O[C@@H]2O[C@H](CO)[C@@H](O)[C@H](O)[C@H]2O)CC1. The van der Waals surface area contributed by atoms with E-state index < -0.39 is 64.0 Å². The summed E-state index contributed by atoms with van der Waals surface area (Å²) >= 11 is 0. The van der Waals surface area contributed by atoms with Crippen LogP contribution < -0.4 is 5.14 Å². The summed E-state index contributed by atoms with van der Waals surface area (Å²) in [6.45, 7) is -1.01. The number of piperidine rings is 1. The number of aliphatic hydroxyl groups is 4. The van der Waals surface area contributed by atoms with Crippen LogP contribution in [0.15, 0.2) is 0 Å². The largest absolute Gasteiger partial charge is 0.394 e. The third-order valence-electron chi connectivity index (χ3n) is 4.05. The minimum Gasteiger partial charge on any atom is -0.394 e. The van der Waals surface area contributed by atoms with Crippen molar-refractivity contribution in [2.24, 2.45) is 5.14 Å². The fourth-order valence-corrected chi connectivity index (χ4v) is 4.42. The van der Waals surface area contributed by atoms with E-state index in [0.29, 0.717) is 0 Å². The summed E-state index contributed by atoms with van der Waals surface area (Å²) in [5.74, 6) is 0. The Labute approximate surface area is 150 Å². The first-order valence-corrected chi connectivity index (χ1v) is 10.5. The molecule has 2 aliphatic rings. The molecule has 0 unspecified atom stereocenters. The lowest BCUT2D eigenvalue weighted by Crippen LogP contribution is -2.60. The van der Waals surface area contributed by atoms with Crippen LogP contribution >= 0.6 is 0 Å². The third-order valence-corrected chi connectivity index (χ3v) is 6.02. The second-order valence-corrected chi connectivity index (χ2v) is 8.68. The van der Waals surface area contributed by atoms with Crippen LogP contribution in [0.2, 0.25) is 0 Å². The molecular formula is C11H22N2O11S2. The predicted octanol–water partition coefficient (Wildman–Crippen LogP) is -4.27. The van der Waals surface area contributed by atoms with Crippen LogP contribution in [0.3, 0.4) is 0 Å². The summed E-state index contributed by atoms with van der Waals surface area (Å²) in [5, 5.41) is 43.0. The first kappa shape index (κ1) is 21.8. The highest BCUT2D eigenvalue weighted by Gasteiger charge is 2.46. The van der Waals surface area contributed by atoms with Gasteiger partial charge in [0.25, 0.3) is 0 Å². The van der Waals surface area contributed by atoms with Crippen molar-refractivity contribution in [1.82, 2.24) is 4.31 Å². The number of nitrogens with two attached hydrogens (primary N) is 1. The topological polar surface area (TPSA) is 206 Å². The Kier molecular flexibility index (Phi) is 6.95. The maximum Gasteiger partial charge on any atom is 0.341 e. The van der Waals surface area contributed by atoms with E-state index in [2.05, 4.69) is 4.18 Å². The molecule has 2 rings (SSSR count). The van der Waals surface area contributed by atoms with Crippen molar-refractivity contribution in [2.45, 2.75) is 49.7 Å². The Morgan fingerprint density at radius 1 is 1.00 bits per heavy atom. The van der Waals surface area contributed by atoms with Crippen molar-refractivity contribution >= 4 is 20.6 Å². The summed E-state index contributed by atoms with van der Waals surface area (Å²) in [6, 6.07) is 0. The van der Waals surface area contributed by atoms with E-state index in [9.17, 15) is 32.2 Å². The molecule has 2 aliphatic heterocycles. The van der Waals surface area contributed by atoms with E-state index in [1.807, 2.05) is 0 Å². The third kappa shape index (κ3) is 5.29. The highest BCUT2D eigenvalue weighted by molar-refractivity contribution is 7.84. The quantitative estimate of drug-likeness (QED) is 0.277. The Balaban J connectivity index is 1.98. The number of rotatable bonds is 6. The van der Waals surface area contributed by atoms with E-state index in [1.165, 1.54) is 0 Å². The molecule has 0 spiro atoms. The van der Waals surface area contributed by atoms with E-state index in [4.69, 9.17) is 19.2 Å². The van der Waals surface area contributed by atoms with E-state index in [0.717, 1.165) is 4.31 Å². The molecule has 0 saturated carbocycles. The number of hydrogen-bond acceptors (Lipinski definition) is 11. The van der Waals surface area contributed by atoms with E-state index in [-0.39, 0.29) is 25.9 Å². The highest BCUT2D eigenvalue weighted by Crippen LogP contribution is 2.25. The van der Waals surface area contributed by atoms with Crippen molar-refractivity contribution in [2.75, 3.05) is 19.7 Å². The zero-order chi connectivity index (χ0) is 19.7. The van der Waals surface area contributed by atoms with Gasteiger partial charge in [0.2, 0.25) is 6.29 Å². The minimum absolute atomic E-state index is 0.0354. The van der Waals surface area contributed by atoms with Crippen LogP contribution in [0, 0.1) is 0 Å². The number of hydrogen-bond donors (Lipinski definition) is 5. The summed E-state index contributed by atoms with van der Waals surface area (Å²) in [7, 11) is -8.57. The van der Waals surface area contributed by atoms with Gasteiger partial charge in [-0.2, -0.15) is 21.1 Å². The van der Waals surface area contributed by atoms with Gasteiger partial charge in [-0.05, 0) is 12.8 Å². The van der Waals surface area contributed by atoms with Gasteiger partial charge in [0.05, 0.1) is 12.7 Å². The lowest BCUT2D eigenvalue weighted by atomic mass is 10.00. The van der Waals surface area contributed by atoms with E-state index in [1.54, 1.807) is 0 Å². The van der Waals surface area contributed by atoms with Crippen LogP contribution in [0.25, 0.3) is 0 Å². The fourth-order valence-electron chi connectivity index (χ4n) is 2.67. The summed E-state index contributed by atoms with van der Waals surface area (Å²) < 4.78 is 61.6.